The predicted octanol–water partition coefficient (Wildman–Crippen LogP) is 1.76. The highest BCUT2D eigenvalue weighted by Gasteiger charge is 2.18. The standard InChI is InChI=1S/C16H21FN6/c1-2-22-7-9-23(10-8-22)16-20-15(12-19-21-16)18-11-13-3-5-14(17)6-4-13/h3-6,12H,2,7-11H2,1H3,(H,18,20,21). The molecule has 0 aliphatic carbocycles. The first-order valence-electron chi connectivity index (χ1n) is 7.90. The van der Waals surface area contributed by atoms with Crippen molar-refractivity contribution in [2.75, 3.05) is 42.9 Å². The summed E-state index contributed by atoms with van der Waals surface area (Å²) < 4.78 is 12.9. The van der Waals surface area contributed by atoms with Crippen LogP contribution in [0.1, 0.15) is 12.5 Å². The molecule has 0 saturated carbocycles. The number of halogens is 1. The lowest BCUT2D eigenvalue weighted by Crippen LogP contribution is -2.46. The van der Waals surface area contributed by atoms with Gasteiger partial charge in [0.05, 0.1) is 6.20 Å². The molecule has 1 aliphatic heterocycles. The Labute approximate surface area is 135 Å². The van der Waals surface area contributed by atoms with E-state index in [1.54, 1.807) is 18.3 Å². The molecule has 3 rings (SSSR count). The molecular weight excluding hydrogens is 295 g/mol. The zero-order chi connectivity index (χ0) is 16.1. The molecule has 0 atom stereocenters. The van der Waals surface area contributed by atoms with Crippen molar-refractivity contribution in [3.63, 3.8) is 0 Å². The first-order valence-corrected chi connectivity index (χ1v) is 7.90. The summed E-state index contributed by atoms with van der Waals surface area (Å²) in [5.41, 5.74) is 0.989. The zero-order valence-corrected chi connectivity index (χ0v) is 13.2. The third-order valence-electron chi connectivity index (χ3n) is 4.04. The fraction of sp³-hybridized carbons (Fsp3) is 0.438. The van der Waals surface area contributed by atoms with E-state index in [2.05, 4.69) is 37.2 Å². The van der Waals surface area contributed by atoms with Crippen molar-refractivity contribution < 1.29 is 4.39 Å². The van der Waals surface area contributed by atoms with Crippen molar-refractivity contribution >= 4 is 11.8 Å². The Morgan fingerprint density at radius 2 is 1.87 bits per heavy atom. The van der Waals surface area contributed by atoms with Gasteiger partial charge in [-0.1, -0.05) is 19.1 Å². The summed E-state index contributed by atoms with van der Waals surface area (Å²) in [5.74, 6) is 1.10. The smallest absolute Gasteiger partial charge is 0.247 e. The van der Waals surface area contributed by atoms with Crippen molar-refractivity contribution in [2.45, 2.75) is 13.5 Å². The van der Waals surface area contributed by atoms with Crippen molar-refractivity contribution in [3.8, 4) is 0 Å². The lowest BCUT2D eigenvalue weighted by Gasteiger charge is -2.33. The number of anilines is 2. The molecule has 1 aromatic heterocycles. The molecule has 0 bridgehead atoms. The van der Waals surface area contributed by atoms with E-state index in [-0.39, 0.29) is 5.82 Å². The Bertz CT molecular complexity index is 625. The van der Waals surface area contributed by atoms with E-state index < -0.39 is 0 Å². The molecule has 7 heteroatoms. The fourth-order valence-corrected chi connectivity index (χ4v) is 2.57. The van der Waals surface area contributed by atoms with Crippen LogP contribution in [0.25, 0.3) is 0 Å². The van der Waals surface area contributed by atoms with Gasteiger partial charge in [-0.25, -0.2) is 4.39 Å². The first-order chi connectivity index (χ1) is 11.2. The third kappa shape index (κ3) is 4.13. The van der Waals surface area contributed by atoms with Crippen molar-refractivity contribution in [2.24, 2.45) is 0 Å². The van der Waals surface area contributed by atoms with Gasteiger partial charge >= 0.3 is 0 Å². The number of aromatic nitrogens is 3. The van der Waals surface area contributed by atoms with Gasteiger partial charge in [0, 0.05) is 32.7 Å². The van der Waals surface area contributed by atoms with E-state index in [9.17, 15) is 4.39 Å². The number of hydrogen-bond donors (Lipinski definition) is 1. The van der Waals surface area contributed by atoms with Gasteiger partial charge in [0.25, 0.3) is 0 Å². The topological polar surface area (TPSA) is 57.2 Å². The summed E-state index contributed by atoms with van der Waals surface area (Å²) in [4.78, 5) is 9.09. The molecule has 1 aliphatic rings. The molecule has 1 fully saturated rings. The molecule has 6 nitrogen and oxygen atoms in total. The van der Waals surface area contributed by atoms with Crippen LogP contribution in [0.4, 0.5) is 16.2 Å². The number of rotatable bonds is 5. The van der Waals surface area contributed by atoms with Gasteiger partial charge in [-0.3, -0.25) is 0 Å². The van der Waals surface area contributed by atoms with Gasteiger partial charge < -0.3 is 15.1 Å². The monoisotopic (exact) mass is 316 g/mol. The fourth-order valence-electron chi connectivity index (χ4n) is 2.57. The molecule has 0 spiro atoms. The molecule has 2 heterocycles. The second kappa shape index (κ2) is 7.32. The highest BCUT2D eigenvalue weighted by atomic mass is 19.1. The first kappa shape index (κ1) is 15.6. The van der Waals surface area contributed by atoms with Crippen LogP contribution in [-0.2, 0) is 6.54 Å². The van der Waals surface area contributed by atoms with E-state index in [0.717, 1.165) is 38.3 Å². The second-order valence-corrected chi connectivity index (χ2v) is 5.54. The summed E-state index contributed by atoms with van der Waals surface area (Å²) in [7, 11) is 0. The molecule has 2 aromatic rings. The number of likely N-dealkylation sites (N-methyl/N-ethyl adjacent to an activating group) is 1. The van der Waals surface area contributed by atoms with Crippen LogP contribution in [0.2, 0.25) is 0 Å². The van der Waals surface area contributed by atoms with Gasteiger partial charge in [-0.15, -0.1) is 5.10 Å². The van der Waals surface area contributed by atoms with Crippen LogP contribution in [-0.4, -0.2) is 52.8 Å². The van der Waals surface area contributed by atoms with Gasteiger partial charge in [0.1, 0.15) is 5.82 Å². The summed E-state index contributed by atoms with van der Waals surface area (Å²) in [6.07, 6.45) is 1.61. The van der Waals surface area contributed by atoms with E-state index >= 15 is 0 Å². The Kier molecular flexibility index (Phi) is 4.97. The Morgan fingerprint density at radius 3 is 2.57 bits per heavy atom. The Hall–Kier alpha value is -2.28. The number of piperazine rings is 1. The van der Waals surface area contributed by atoms with Crippen molar-refractivity contribution in [3.05, 3.63) is 41.8 Å². The minimum absolute atomic E-state index is 0.231. The van der Waals surface area contributed by atoms with E-state index in [0.29, 0.717) is 18.3 Å². The summed E-state index contributed by atoms with van der Waals surface area (Å²) in [6, 6.07) is 6.41. The van der Waals surface area contributed by atoms with Crippen molar-refractivity contribution in [1.82, 2.24) is 20.1 Å². The summed E-state index contributed by atoms with van der Waals surface area (Å²) >= 11 is 0. The van der Waals surface area contributed by atoms with Gasteiger partial charge in [-0.2, -0.15) is 10.1 Å². The van der Waals surface area contributed by atoms with Gasteiger partial charge in [0.15, 0.2) is 5.82 Å². The third-order valence-corrected chi connectivity index (χ3v) is 4.04. The maximum absolute atomic E-state index is 12.9. The Balaban J connectivity index is 1.60. The number of hydrogen-bond acceptors (Lipinski definition) is 6. The lowest BCUT2D eigenvalue weighted by molar-refractivity contribution is 0.269. The molecule has 122 valence electrons. The minimum Gasteiger partial charge on any atom is -0.365 e. The van der Waals surface area contributed by atoms with Crippen LogP contribution in [0, 0.1) is 5.82 Å². The van der Waals surface area contributed by atoms with Crippen molar-refractivity contribution in [1.29, 1.82) is 0 Å². The zero-order valence-electron chi connectivity index (χ0n) is 13.2. The largest absolute Gasteiger partial charge is 0.365 e. The van der Waals surface area contributed by atoms with E-state index in [1.165, 1.54) is 12.1 Å². The second-order valence-electron chi connectivity index (χ2n) is 5.54. The van der Waals surface area contributed by atoms with Gasteiger partial charge in [0.2, 0.25) is 5.95 Å². The van der Waals surface area contributed by atoms with Crippen LogP contribution >= 0.6 is 0 Å². The number of nitrogens with one attached hydrogen (secondary N) is 1. The van der Waals surface area contributed by atoms with Crippen LogP contribution in [0.3, 0.4) is 0 Å². The lowest BCUT2D eigenvalue weighted by atomic mass is 10.2. The number of benzene rings is 1. The predicted molar refractivity (Wildman–Crippen MR) is 87.9 cm³/mol. The maximum atomic E-state index is 12.9. The molecule has 23 heavy (non-hydrogen) atoms. The average molecular weight is 316 g/mol. The summed E-state index contributed by atoms with van der Waals surface area (Å²) in [5, 5.41) is 11.4. The quantitative estimate of drug-likeness (QED) is 0.907. The normalized spacial score (nSPS) is 15.7. The molecule has 1 aromatic carbocycles. The Morgan fingerprint density at radius 1 is 1.13 bits per heavy atom. The molecule has 0 unspecified atom stereocenters. The van der Waals surface area contributed by atoms with Crippen LogP contribution in [0.5, 0.6) is 0 Å². The molecule has 0 radical (unpaired) electrons. The highest BCUT2D eigenvalue weighted by molar-refractivity contribution is 5.40. The van der Waals surface area contributed by atoms with Gasteiger partial charge in [-0.05, 0) is 24.2 Å². The van der Waals surface area contributed by atoms with Crippen LogP contribution in [0.15, 0.2) is 30.5 Å². The maximum Gasteiger partial charge on any atom is 0.247 e. The molecular formula is C16H21FN6. The van der Waals surface area contributed by atoms with E-state index in [1.807, 2.05) is 0 Å². The molecule has 1 N–H and O–H groups in total. The average Bonchev–Trinajstić information content (AvgIpc) is 2.61. The highest BCUT2D eigenvalue weighted by Crippen LogP contribution is 2.13. The minimum atomic E-state index is -0.231. The molecule has 1 saturated heterocycles. The number of nitrogens with zero attached hydrogens (tertiary/aromatic N) is 5. The molecule has 0 amide bonds. The van der Waals surface area contributed by atoms with Crippen LogP contribution < -0.4 is 10.2 Å². The summed E-state index contributed by atoms with van der Waals surface area (Å²) in [6.45, 7) is 7.69. The SMILES string of the molecule is CCN1CCN(c2nncc(NCc3ccc(F)cc3)n2)CC1. The van der Waals surface area contributed by atoms with E-state index in [4.69, 9.17) is 0 Å².